The first-order chi connectivity index (χ1) is 11.9. The smallest absolute Gasteiger partial charge is 0.155 e. The van der Waals surface area contributed by atoms with Crippen molar-refractivity contribution in [3.63, 3.8) is 0 Å². The van der Waals surface area contributed by atoms with Crippen molar-refractivity contribution in [3.05, 3.63) is 54.7 Å². The zero-order valence-corrected chi connectivity index (χ0v) is 15.4. The highest BCUT2D eigenvalue weighted by atomic mass is 15.3. The van der Waals surface area contributed by atoms with Gasteiger partial charge >= 0.3 is 0 Å². The zero-order chi connectivity index (χ0) is 18.4. The van der Waals surface area contributed by atoms with Gasteiger partial charge in [-0.25, -0.2) is 19.0 Å². The average molecular weight is 339 g/mol. The molecule has 0 radical (unpaired) electrons. The molecule has 132 valence electrons. The van der Waals surface area contributed by atoms with Crippen LogP contribution in [0.5, 0.6) is 0 Å². The Morgan fingerprint density at radius 2 is 1.72 bits per heavy atom. The quantitative estimate of drug-likeness (QED) is 0.531. The molecular formula is C18H25N7. The molecule has 4 aromatic rings. The van der Waals surface area contributed by atoms with Crippen molar-refractivity contribution in [3.8, 4) is 0 Å². The van der Waals surface area contributed by atoms with Gasteiger partial charge in [0.2, 0.25) is 0 Å². The monoisotopic (exact) mass is 339 g/mol. The van der Waals surface area contributed by atoms with E-state index in [0.29, 0.717) is 5.82 Å². The molecule has 0 spiro atoms. The first-order valence-electron chi connectivity index (χ1n) is 8.30. The van der Waals surface area contributed by atoms with E-state index < -0.39 is 0 Å². The maximum atomic E-state index is 5.58. The molecule has 0 fully saturated rings. The number of hydrogen-bond acceptors (Lipinski definition) is 5. The maximum Gasteiger partial charge on any atom is 0.155 e. The SMILES string of the molecule is CC.CC(C)(C)c1ccc2nc(N)cn2n1.c1cnn2ccnc2c1. The van der Waals surface area contributed by atoms with Gasteiger partial charge in [0.25, 0.3) is 0 Å². The van der Waals surface area contributed by atoms with Crippen LogP contribution in [0.1, 0.15) is 40.3 Å². The second-order valence-corrected chi connectivity index (χ2v) is 6.19. The number of anilines is 1. The van der Waals surface area contributed by atoms with E-state index >= 15 is 0 Å². The molecule has 2 N–H and O–H groups in total. The minimum absolute atomic E-state index is 0.0488. The summed E-state index contributed by atoms with van der Waals surface area (Å²) in [5.41, 5.74) is 8.33. The largest absolute Gasteiger partial charge is 0.382 e. The minimum Gasteiger partial charge on any atom is -0.382 e. The molecule has 0 unspecified atom stereocenters. The Morgan fingerprint density at radius 1 is 0.960 bits per heavy atom. The molecule has 0 saturated heterocycles. The van der Waals surface area contributed by atoms with Crippen molar-refractivity contribution in [1.29, 1.82) is 0 Å². The molecule has 0 saturated carbocycles. The van der Waals surface area contributed by atoms with E-state index in [-0.39, 0.29) is 5.41 Å². The number of aromatic nitrogens is 6. The summed E-state index contributed by atoms with van der Waals surface area (Å²) in [7, 11) is 0. The summed E-state index contributed by atoms with van der Waals surface area (Å²) in [4.78, 5) is 8.13. The standard InChI is InChI=1S/C10H14N4.C6H5N3.C2H6/c1-10(2,3)7-4-5-9-12-8(11)6-14(9)13-7;1-2-6-7-4-5-9(6)8-3-1;1-2/h4-6H,11H2,1-3H3;1-5H;1-2H3. The van der Waals surface area contributed by atoms with Crippen LogP contribution in [0.4, 0.5) is 5.82 Å². The minimum atomic E-state index is 0.0488. The van der Waals surface area contributed by atoms with Crippen LogP contribution in [0.2, 0.25) is 0 Å². The number of rotatable bonds is 0. The van der Waals surface area contributed by atoms with Gasteiger partial charge in [0.1, 0.15) is 5.82 Å². The first kappa shape index (κ1) is 18.4. The van der Waals surface area contributed by atoms with Crippen molar-refractivity contribution in [2.75, 3.05) is 5.73 Å². The fourth-order valence-electron chi connectivity index (χ4n) is 2.07. The van der Waals surface area contributed by atoms with Gasteiger partial charge in [-0.3, -0.25) is 0 Å². The lowest BCUT2D eigenvalue weighted by molar-refractivity contribution is 0.554. The van der Waals surface area contributed by atoms with Crippen molar-refractivity contribution < 1.29 is 0 Å². The van der Waals surface area contributed by atoms with Crippen molar-refractivity contribution in [2.24, 2.45) is 0 Å². The Hall–Kier alpha value is -2.96. The molecule has 4 rings (SSSR count). The van der Waals surface area contributed by atoms with E-state index in [9.17, 15) is 0 Å². The number of fused-ring (bicyclic) bond motifs is 2. The van der Waals surface area contributed by atoms with Crippen LogP contribution in [0, 0.1) is 0 Å². The second-order valence-electron chi connectivity index (χ2n) is 6.19. The van der Waals surface area contributed by atoms with E-state index in [1.165, 1.54) is 0 Å². The van der Waals surface area contributed by atoms with Gasteiger partial charge in [0, 0.05) is 24.0 Å². The normalized spacial score (nSPS) is 10.8. The summed E-state index contributed by atoms with van der Waals surface area (Å²) in [6.45, 7) is 10.4. The number of hydrogen-bond donors (Lipinski definition) is 1. The third-order valence-corrected chi connectivity index (χ3v) is 3.28. The van der Waals surface area contributed by atoms with Crippen LogP contribution in [-0.4, -0.2) is 29.2 Å². The summed E-state index contributed by atoms with van der Waals surface area (Å²) < 4.78 is 3.44. The van der Waals surface area contributed by atoms with Crippen LogP contribution in [0.25, 0.3) is 11.3 Å². The molecule has 4 heterocycles. The fraction of sp³-hybridized carbons (Fsp3) is 0.333. The van der Waals surface area contributed by atoms with Gasteiger partial charge < -0.3 is 5.73 Å². The van der Waals surface area contributed by atoms with Gasteiger partial charge in [-0.2, -0.15) is 10.2 Å². The van der Waals surface area contributed by atoms with Gasteiger partial charge in [-0.05, 0) is 24.3 Å². The van der Waals surface area contributed by atoms with Crippen molar-refractivity contribution in [2.45, 2.75) is 40.0 Å². The Bertz CT molecular complexity index is 901. The Kier molecular flexibility index (Phi) is 5.69. The lowest BCUT2D eigenvalue weighted by Gasteiger charge is -2.16. The van der Waals surface area contributed by atoms with Crippen LogP contribution in [-0.2, 0) is 5.41 Å². The molecule has 0 aromatic carbocycles. The number of nitrogens with zero attached hydrogens (tertiary/aromatic N) is 6. The predicted molar refractivity (Wildman–Crippen MR) is 100 cm³/mol. The van der Waals surface area contributed by atoms with Crippen LogP contribution < -0.4 is 5.73 Å². The molecule has 0 bridgehead atoms. The molecule has 7 heteroatoms. The second kappa shape index (κ2) is 7.74. The third kappa shape index (κ3) is 4.53. The van der Waals surface area contributed by atoms with Crippen LogP contribution in [0.15, 0.2) is 49.1 Å². The molecule has 0 aliphatic carbocycles. The van der Waals surface area contributed by atoms with Gasteiger partial charge in [-0.1, -0.05) is 34.6 Å². The van der Waals surface area contributed by atoms with Crippen molar-refractivity contribution in [1.82, 2.24) is 29.2 Å². The van der Waals surface area contributed by atoms with E-state index in [0.717, 1.165) is 17.0 Å². The molecule has 0 aliphatic heterocycles. The summed E-state index contributed by atoms with van der Waals surface area (Å²) in [5, 5.41) is 8.44. The van der Waals surface area contributed by atoms with Crippen LogP contribution in [0.3, 0.4) is 0 Å². The summed E-state index contributed by atoms with van der Waals surface area (Å²) in [6, 6.07) is 7.70. The summed E-state index contributed by atoms with van der Waals surface area (Å²) in [5.74, 6) is 0.503. The molecule has 7 nitrogen and oxygen atoms in total. The zero-order valence-electron chi connectivity index (χ0n) is 15.4. The predicted octanol–water partition coefficient (Wildman–Crippen LogP) is 3.36. The molecule has 0 aliphatic rings. The Balaban J connectivity index is 0.000000176. The van der Waals surface area contributed by atoms with Crippen molar-refractivity contribution >= 4 is 17.1 Å². The number of nitrogens with two attached hydrogens (primary N) is 1. The topological polar surface area (TPSA) is 86.4 Å². The highest BCUT2D eigenvalue weighted by Crippen LogP contribution is 2.20. The fourth-order valence-corrected chi connectivity index (χ4v) is 2.07. The third-order valence-electron chi connectivity index (χ3n) is 3.28. The number of nitrogen functional groups attached to an aromatic ring is 1. The Morgan fingerprint density at radius 3 is 2.40 bits per heavy atom. The molecular weight excluding hydrogens is 314 g/mol. The van der Waals surface area contributed by atoms with Gasteiger partial charge in [0.05, 0.1) is 11.9 Å². The van der Waals surface area contributed by atoms with E-state index in [1.54, 1.807) is 27.6 Å². The summed E-state index contributed by atoms with van der Waals surface area (Å²) in [6.07, 6.45) is 7.00. The average Bonchev–Trinajstić information content (AvgIpc) is 3.20. The highest BCUT2D eigenvalue weighted by molar-refractivity contribution is 5.45. The molecule has 4 aromatic heterocycles. The lowest BCUT2D eigenvalue weighted by Crippen LogP contribution is -2.15. The lowest BCUT2D eigenvalue weighted by atomic mass is 9.92. The Labute approximate surface area is 147 Å². The van der Waals surface area contributed by atoms with Gasteiger partial charge in [-0.15, -0.1) is 0 Å². The number of imidazole rings is 2. The molecule has 0 amide bonds. The highest BCUT2D eigenvalue weighted by Gasteiger charge is 2.16. The van der Waals surface area contributed by atoms with E-state index in [4.69, 9.17) is 5.73 Å². The van der Waals surface area contributed by atoms with Crippen LogP contribution >= 0.6 is 0 Å². The van der Waals surface area contributed by atoms with Gasteiger partial charge in [0.15, 0.2) is 11.3 Å². The first-order valence-corrected chi connectivity index (χ1v) is 8.30. The van der Waals surface area contributed by atoms with E-state index in [1.807, 2.05) is 44.3 Å². The summed E-state index contributed by atoms with van der Waals surface area (Å²) >= 11 is 0. The molecule has 25 heavy (non-hydrogen) atoms. The molecule has 0 atom stereocenters. The maximum absolute atomic E-state index is 5.58. The van der Waals surface area contributed by atoms with E-state index in [2.05, 4.69) is 40.9 Å².